The van der Waals surface area contributed by atoms with Crippen LogP contribution in [0.1, 0.15) is 17.3 Å². The number of carboxylic acids is 1. The standard InChI is InChI=1S/C9H11N3O2.C2HF3O2/c1-9(11,8(10)14)7(13)6-2-4-12-5-3-6;3-2(4,5)1(6)7/h2-5H,11H2,1H3,(H2,10,14);(H,6,7)/t9-;/m0./s1. The van der Waals surface area contributed by atoms with E-state index in [2.05, 4.69) is 4.98 Å². The van der Waals surface area contributed by atoms with Gasteiger partial charge in [-0.05, 0) is 19.1 Å². The molecule has 0 aliphatic rings. The number of ketones is 1. The number of primary amides is 1. The molecule has 1 rings (SSSR count). The van der Waals surface area contributed by atoms with E-state index in [-0.39, 0.29) is 0 Å². The smallest absolute Gasteiger partial charge is 0.475 e. The molecule has 21 heavy (non-hydrogen) atoms. The molecule has 0 spiro atoms. The summed E-state index contributed by atoms with van der Waals surface area (Å²) in [6.07, 6.45) is -2.19. The number of carbonyl (C=O) groups excluding carboxylic acids is 2. The molecule has 0 unspecified atom stereocenters. The van der Waals surface area contributed by atoms with Gasteiger partial charge < -0.3 is 16.6 Å². The van der Waals surface area contributed by atoms with Gasteiger partial charge in [-0.25, -0.2) is 4.79 Å². The number of nitrogens with zero attached hydrogens (tertiary/aromatic N) is 1. The summed E-state index contributed by atoms with van der Waals surface area (Å²) in [5, 5.41) is 7.12. The molecule has 0 aliphatic heterocycles. The van der Waals surface area contributed by atoms with Crippen molar-refractivity contribution in [2.75, 3.05) is 0 Å². The third-order valence-electron chi connectivity index (χ3n) is 2.17. The van der Waals surface area contributed by atoms with Crippen molar-refractivity contribution in [3.63, 3.8) is 0 Å². The van der Waals surface area contributed by atoms with Crippen LogP contribution in [0.5, 0.6) is 0 Å². The number of halogens is 3. The summed E-state index contributed by atoms with van der Waals surface area (Å²) >= 11 is 0. The van der Waals surface area contributed by atoms with Gasteiger partial charge in [0, 0.05) is 18.0 Å². The number of hydrogen-bond acceptors (Lipinski definition) is 5. The van der Waals surface area contributed by atoms with Crippen molar-refractivity contribution in [3.8, 4) is 0 Å². The lowest BCUT2D eigenvalue weighted by Crippen LogP contribution is -2.55. The van der Waals surface area contributed by atoms with Crippen LogP contribution in [0, 0.1) is 0 Å². The van der Waals surface area contributed by atoms with Crippen molar-refractivity contribution in [1.82, 2.24) is 4.98 Å². The van der Waals surface area contributed by atoms with Crippen molar-refractivity contribution in [1.29, 1.82) is 0 Å². The minimum absolute atomic E-state index is 0.323. The lowest BCUT2D eigenvalue weighted by Gasteiger charge is -2.18. The van der Waals surface area contributed by atoms with Crippen molar-refractivity contribution in [3.05, 3.63) is 30.1 Å². The quantitative estimate of drug-likeness (QED) is 0.535. The molecule has 116 valence electrons. The highest BCUT2D eigenvalue weighted by Crippen LogP contribution is 2.13. The van der Waals surface area contributed by atoms with Crippen LogP contribution in [-0.4, -0.2) is 39.5 Å². The first-order valence-corrected chi connectivity index (χ1v) is 5.24. The zero-order valence-corrected chi connectivity index (χ0v) is 10.7. The molecule has 7 nitrogen and oxygen atoms in total. The number of rotatable bonds is 3. The molecule has 0 aromatic carbocycles. The van der Waals surface area contributed by atoms with Crippen LogP contribution in [0.4, 0.5) is 13.2 Å². The number of amides is 1. The number of aliphatic carboxylic acids is 1. The molecule has 0 radical (unpaired) electrons. The lowest BCUT2D eigenvalue weighted by molar-refractivity contribution is -0.192. The molecule has 1 atom stereocenters. The van der Waals surface area contributed by atoms with E-state index in [0.29, 0.717) is 5.56 Å². The molecule has 5 N–H and O–H groups in total. The SMILES string of the molecule is C[C@@](N)(C(N)=O)C(=O)c1ccncc1.O=C(O)C(F)(F)F. The Bertz CT molecular complexity index is 529. The topological polar surface area (TPSA) is 136 Å². The summed E-state index contributed by atoms with van der Waals surface area (Å²) in [4.78, 5) is 35.2. The number of aromatic nitrogens is 1. The summed E-state index contributed by atoms with van der Waals surface area (Å²) in [5.74, 6) is -4.11. The fraction of sp³-hybridized carbons (Fsp3) is 0.273. The maximum Gasteiger partial charge on any atom is 0.490 e. The molecule has 0 aliphatic carbocycles. The van der Waals surface area contributed by atoms with Gasteiger partial charge in [0.2, 0.25) is 5.91 Å². The van der Waals surface area contributed by atoms with E-state index < -0.39 is 29.4 Å². The molecule has 1 aromatic heterocycles. The highest BCUT2D eigenvalue weighted by atomic mass is 19.4. The molecule has 0 saturated heterocycles. The third kappa shape index (κ3) is 5.57. The Hall–Kier alpha value is -2.49. The number of nitrogens with two attached hydrogens (primary N) is 2. The van der Waals surface area contributed by atoms with Gasteiger partial charge in [0.05, 0.1) is 0 Å². The van der Waals surface area contributed by atoms with Crippen LogP contribution in [-0.2, 0) is 9.59 Å². The first-order valence-electron chi connectivity index (χ1n) is 5.24. The summed E-state index contributed by atoms with van der Waals surface area (Å²) in [5.41, 5.74) is 9.16. The van der Waals surface area contributed by atoms with E-state index in [0.717, 1.165) is 0 Å². The van der Waals surface area contributed by atoms with Gasteiger partial charge in [0.25, 0.3) is 0 Å². The van der Waals surface area contributed by atoms with E-state index in [1.165, 1.54) is 31.5 Å². The van der Waals surface area contributed by atoms with E-state index in [9.17, 15) is 22.8 Å². The molecular weight excluding hydrogens is 295 g/mol. The van der Waals surface area contributed by atoms with Crippen molar-refractivity contribution >= 4 is 17.7 Å². The second-order valence-corrected chi connectivity index (χ2v) is 3.93. The molecule has 1 heterocycles. The number of carboxylic acid groups (broad SMARTS) is 1. The zero-order chi connectivity index (χ0) is 16.8. The Morgan fingerprint density at radius 1 is 1.19 bits per heavy atom. The molecule has 1 aromatic rings. The van der Waals surface area contributed by atoms with Gasteiger partial charge in [0.15, 0.2) is 11.3 Å². The average Bonchev–Trinajstić information content (AvgIpc) is 2.38. The minimum atomic E-state index is -5.08. The van der Waals surface area contributed by atoms with Crippen LogP contribution in [0.25, 0.3) is 0 Å². The number of alkyl halides is 3. The predicted octanol–water partition coefficient (Wildman–Crippen LogP) is 0.100. The van der Waals surface area contributed by atoms with Crippen molar-refractivity contribution in [2.45, 2.75) is 18.6 Å². The second kappa shape index (κ2) is 6.79. The molecule has 0 saturated carbocycles. The maximum atomic E-state index is 11.7. The van der Waals surface area contributed by atoms with Crippen molar-refractivity contribution < 1.29 is 32.7 Å². The zero-order valence-electron chi connectivity index (χ0n) is 10.7. The minimum Gasteiger partial charge on any atom is -0.475 e. The Labute approximate surface area is 116 Å². The highest BCUT2D eigenvalue weighted by molar-refractivity contribution is 6.16. The Morgan fingerprint density at radius 3 is 1.86 bits per heavy atom. The summed E-state index contributed by atoms with van der Waals surface area (Å²) in [6, 6.07) is 2.97. The van der Waals surface area contributed by atoms with Crippen LogP contribution in [0.2, 0.25) is 0 Å². The first-order chi connectivity index (χ1) is 9.40. The summed E-state index contributed by atoms with van der Waals surface area (Å²) < 4.78 is 31.7. The molecule has 0 fully saturated rings. The third-order valence-corrected chi connectivity index (χ3v) is 2.17. The number of Topliss-reactive ketones (excluding diaryl/α,β-unsaturated/α-hetero) is 1. The number of carbonyl (C=O) groups is 3. The Kier molecular flexibility index (Phi) is 5.99. The number of hydrogen-bond donors (Lipinski definition) is 3. The van der Waals surface area contributed by atoms with Gasteiger partial charge in [-0.2, -0.15) is 13.2 Å². The monoisotopic (exact) mass is 307 g/mol. The van der Waals surface area contributed by atoms with E-state index in [1.54, 1.807) is 0 Å². The van der Waals surface area contributed by atoms with E-state index in [1.807, 2.05) is 0 Å². The van der Waals surface area contributed by atoms with Crippen LogP contribution < -0.4 is 11.5 Å². The fourth-order valence-electron chi connectivity index (χ4n) is 0.915. The predicted molar refractivity (Wildman–Crippen MR) is 64.0 cm³/mol. The maximum absolute atomic E-state index is 11.7. The Balaban J connectivity index is 0.000000486. The molecule has 0 bridgehead atoms. The average molecular weight is 307 g/mol. The van der Waals surface area contributed by atoms with E-state index >= 15 is 0 Å². The van der Waals surface area contributed by atoms with Gasteiger partial charge in [-0.1, -0.05) is 0 Å². The summed E-state index contributed by atoms with van der Waals surface area (Å²) in [6.45, 7) is 1.29. The van der Waals surface area contributed by atoms with Crippen LogP contribution in [0.15, 0.2) is 24.5 Å². The molecular formula is C11H12F3N3O4. The first kappa shape index (κ1) is 18.5. The van der Waals surface area contributed by atoms with Crippen LogP contribution in [0.3, 0.4) is 0 Å². The number of pyridine rings is 1. The molecule has 10 heteroatoms. The van der Waals surface area contributed by atoms with E-state index in [4.69, 9.17) is 21.4 Å². The van der Waals surface area contributed by atoms with Gasteiger partial charge in [-0.15, -0.1) is 0 Å². The normalized spacial score (nSPS) is 13.4. The lowest BCUT2D eigenvalue weighted by atomic mass is 9.92. The van der Waals surface area contributed by atoms with Gasteiger partial charge in [-0.3, -0.25) is 14.6 Å². The van der Waals surface area contributed by atoms with Crippen LogP contribution >= 0.6 is 0 Å². The molecule has 1 amide bonds. The van der Waals surface area contributed by atoms with Gasteiger partial charge in [0.1, 0.15) is 0 Å². The van der Waals surface area contributed by atoms with Gasteiger partial charge >= 0.3 is 12.1 Å². The highest BCUT2D eigenvalue weighted by Gasteiger charge is 2.38. The fourth-order valence-corrected chi connectivity index (χ4v) is 0.915. The largest absolute Gasteiger partial charge is 0.490 e. The summed E-state index contributed by atoms with van der Waals surface area (Å²) in [7, 11) is 0. The second-order valence-electron chi connectivity index (χ2n) is 3.93. The van der Waals surface area contributed by atoms with Crippen molar-refractivity contribution in [2.24, 2.45) is 11.5 Å². The Morgan fingerprint density at radius 2 is 1.57 bits per heavy atom.